The molecule has 1 aromatic rings. The lowest BCUT2D eigenvalue weighted by Crippen LogP contribution is -1.87. The summed E-state index contributed by atoms with van der Waals surface area (Å²) in [4.78, 5) is 0.823. The number of benzene rings is 1. The number of hydrogen-bond donors (Lipinski definition) is 1. The second kappa shape index (κ2) is 5.08. The van der Waals surface area contributed by atoms with E-state index in [4.69, 9.17) is 5.11 Å². The van der Waals surface area contributed by atoms with Gasteiger partial charge in [0.1, 0.15) is 0 Å². The first-order chi connectivity index (χ1) is 6.63. The minimum atomic E-state index is -0.922. The lowest BCUT2D eigenvalue weighted by atomic mass is 10.1. The predicted octanol–water partition coefficient (Wildman–Crippen LogP) is 1.82. The second-order valence-electron chi connectivity index (χ2n) is 3.17. The van der Waals surface area contributed by atoms with Gasteiger partial charge in [0.25, 0.3) is 0 Å². The average molecular weight is 210 g/mol. The number of hydrogen-bond acceptors (Lipinski definition) is 2. The third kappa shape index (κ3) is 3.09. The third-order valence-electron chi connectivity index (χ3n) is 1.87. The van der Waals surface area contributed by atoms with E-state index in [9.17, 15) is 4.21 Å². The highest BCUT2D eigenvalue weighted by molar-refractivity contribution is 7.84. The molecule has 1 rings (SSSR count). The van der Waals surface area contributed by atoms with Crippen LogP contribution in [-0.4, -0.2) is 22.2 Å². The fraction of sp³-hybridized carbons (Fsp3) is 0.273. The topological polar surface area (TPSA) is 37.3 Å². The molecule has 0 spiro atoms. The van der Waals surface area contributed by atoms with Crippen molar-refractivity contribution in [1.82, 2.24) is 0 Å². The molecule has 0 heterocycles. The molecule has 0 aliphatic carbocycles. The molecule has 0 bridgehead atoms. The zero-order valence-electron chi connectivity index (χ0n) is 8.36. The Labute approximate surface area is 86.7 Å². The summed E-state index contributed by atoms with van der Waals surface area (Å²) in [6.07, 6.45) is 3.56. The molecule has 76 valence electrons. The van der Waals surface area contributed by atoms with Crippen LogP contribution < -0.4 is 0 Å². The van der Waals surface area contributed by atoms with Crippen LogP contribution in [0.1, 0.15) is 12.5 Å². The summed E-state index contributed by atoms with van der Waals surface area (Å²) in [5.41, 5.74) is 1.93. The van der Waals surface area contributed by atoms with E-state index in [1.165, 1.54) is 0 Å². The van der Waals surface area contributed by atoms with Crippen LogP contribution in [0, 0.1) is 0 Å². The van der Waals surface area contributed by atoms with E-state index < -0.39 is 10.8 Å². The summed E-state index contributed by atoms with van der Waals surface area (Å²) in [6.45, 7) is 1.94. The molecular weight excluding hydrogens is 196 g/mol. The average Bonchev–Trinajstić information content (AvgIpc) is 2.18. The van der Waals surface area contributed by atoms with Crippen LogP contribution in [0.2, 0.25) is 0 Å². The highest BCUT2D eigenvalue weighted by Crippen LogP contribution is 2.10. The van der Waals surface area contributed by atoms with Gasteiger partial charge in [0.2, 0.25) is 0 Å². The zero-order chi connectivity index (χ0) is 10.6. The van der Waals surface area contributed by atoms with Crippen molar-refractivity contribution >= 4 is 16.9 Å². The summed E-state index contributed by atoms with van der Waals surface area (Å²) in [7, 11) is -0.922. The van der Waals surface area contributed by atoms with Gasteiger partial charge in [-0.2, -0.15) is 0 Å². The Balaban J connectivity index is 2.89. The van der Waals surface area contributed by atoms with E-state index in [0.717, 1.165) is 16.0 Å². The molecule has 3 heteroatoms. The largest absolute Gasteiger partial charge is 0.392 e. The maximum absolute atomic E-state index is 11.1. The Morgan fingerprint density at radius 1 is 1.43 bits per heavy atom. The van der Waals surface area contributed by atoms with Crippen molar-refractivity contribution < 1.29 is 9.32 Å². The molecule has 0 fully saturated rings. The molecular formula is C11H14O2S. The molecule has 0 aliphatic rings. The van der Waals surface area contributed by atoms with Crippen LogP contribution in [0.5, 0.6) is 0 Å². The van der Waals surface area contributed by atoms with Gasteiger partial charge in [0, 0.05) is 22.0 Å². The van der Waals surface area contributed by atoms with Crippen molar-refractivity contribution in [1.29, 1.82) is 0 Å². The Morgan fingerprint density at radius 3 is 2.43 bits per heavy atom. The van der Waals surface area contributed by atoms with E-state index in [1.807, 2.05) is 37.3 Å². The maximum atomic E-state index is 11.1. The van der Waals surface area contributed by atoms with Crippen molar-refractivity contribution in [2.75, 3.05) is 12.9 Å². The van der Waals surface area contributed by atoms with E-state index in [1.54, 1.807) is 6.26 Å². The number of rotatable bonds is 3. The molecule has 0 saturated heterocycles. The number of aliphatic hydroxyl groups excluding tert-OH is 1. The summed E-state index contributed by atoms with van der Waals surface area (Å²) >= 11 is 0. The monoisotopic (exact) mass is 210 g/mol. The van der Waals surface area contributed by atoms with Crippen LogP contribution in [0.15, 0.2) is 34.7 Å². The van der Waals surface area contributed by atoms with E-state index in [-0.39, 0.29) is 6.61 Å². The molecule has 14 heavy (non-hydrogen) atoms. The highest BCUT2D eigenvalue weighted by atomic mass is 32.2. The Hall–Kier alpha value is -0.930. The van der Waals surface area contributed by atoms with Gasteiger partial charge in [-0.15, -0.1) is 0 Å². The smallest absolute Gasteiger partial charge is 0.0642 e. The van der Waals surface area contributed by atoms with E-state index in [0.29, 0.717) is 0 Å². The first kappa shape index (κ1) is 11.1. The molecule has 0 amide bonds. The molecule has 0 aliphatic heterocycles. The molecule has 0 radical (unpaired) electrons. The van der Waals surface area contributed by atoms with Crippen molar-refractivity contribution in [2.24, 2.45) is 0 Å². The van der Waals surface area contributed by atoms with Crippen molar-refractivity contribution in [3.8, 4) is 0 Å². The maximum Gasteiger partial charge on any atom is 0.0642 e. The van der Waals surface area contributed by atoms with Gasteiger partial charge in [-0.05, 0) is 30.2 Å². The first-order valence-electron chi connectivity index (χ1n) is 4.35. The normalized spacial score (nSPS) is 14.1. The van der Waals surface area contributed by atoms with Gasteiger partial charge in [-0.25, -0.2) is 0 Å². The molecule has 0 saturated carbocycles. The molecule has 1 N–H and O–H groups in total. The zero-order valence-corrected chi connectivity index (χ0v) is 9.17. The summed E-state index contributed by atoms with van der Waals surface area (Å²) < 4.78 is 11.1. The lowest BCUT2D eigenvalue weighted by molar-refractivity contribution is 0.332. The predicted molar refractivity (Wildman–Crippen MR) is 59.5 cm³/mol. The summed E-state index contributed by atoms with van der Waals surface area (Å²) in [5, 5.41) is 8.82. The van der Waals surface area contributed by atoms with Gasteiger partial charge >= 0.3 is 0 Å². The fourth-order valence-corrected chi connectivity index (χ4v) is 1.61. The summed E-state index contributed by atoms with van der Waals surface area (Å²) in [5.74, 6) is 0. The fourth-order valence-electron chi connectivity index (χ4n) is 1.09. The minimum Gasteiger partial charge on any atom is -0.392 e. The molecule has 2 nitrogen and oxygen atoms in total. The van der Waals surface area contributed by atoms with Gasteiger partial charge in [0.15, 0.2) is 0 Å². The van der Waals surface area contributed by atoms with Gasteiger partial charge < -0.3 is 5.11 Å². The second-order valence-corrected chi connectivity index (χ2v) is 4.55. The van der Waals surface area contributed by atoms with E-state index in [2.05, 4.69) is 0 Å². The van der Waals surface area contributed by atoms with Crippen LogP contribution in [-0.2, 0) is 10.8 Å². The van der Waals surface area contributed by atoms with Gasteiger partial charge in [0.05, 0.1) is 6.61 Å². The van der Waals surface area contributed by atoms with Crippen molar-refractivity contribution in [3.05, 3.63) is 35.4 Å². The van der Waals surface area contributed by atoms with Crippen LogP contribution >= 0.6 is 0 Å². The van der Waals surface area contributed by atoms with Crippen molar-refractivity contribution in [3.63, 3.8) is 0 Å². The molecule has 0 aromatic heterocycles. The Bertz CT molecular complexity index is 352. The lowest BCUT2D eigenvalue weighted by Gasteiger charge is -1.99. The van der Waals surface area contributed by atoms with E-state index >= 15 is 0 Å². The molecule has 1 aromatic carbocycles. The van der Waals surface area contributed by atoms with Crippen LogP contribution in [0.3, 0.4) is 0 Å². The molecule has 1 unspecified atom stereocenters. The summed E-state index contributed by atoms with van der Waals surface area (Å²) in [6, 6.07) is 7.48. The van der Waals surface area contributed by atoms with Crippen LogP contribution in [0.25, 0.3) is 6.08 Å². The highest BCUT2D eigenvalue weighted by Gasteiger charge is 1.96. The van der Waals surface area contributed by atoms with Crippen molar-refractivity contribution in [2.45, 2.75) is 11.8 Å². The van der Waals surface area contributed by atoms with Gasteiger partial charge in [-0.1, -0.05) is 18.2 Å². The quantitative estimate of drug-likeness (QED) is 0.826. The standard InChI is InChI=1S/C11H14O2S/c1-9(8-12)7-10-3-5-11(6-4-10)14(2)13/h3-7,12H,8H2,1-2H3/b9-7+. The first-order valence-corrected chi connectivity index (χ1v) is 5.91. The third-order valence-corrected chi connectivity index (χ3v) is 2.81. The van der Waals surface area contributed by atoms with Gasteiger partial charge in [-0.3, -0.25) is 4.21 Å². The van der Waals surface area contributed by atoms with Crippen LogP contribution in [0.4, 0.5) is 0 Å². The Morgan fingerprint density at radius 2 is 2.00 bits per heavy atom. The SMILES string of the molecule is C/C(=C\c1ccc(S(C)=O)cc1)CO. The Kier molecular flexibility index (Phi) is 4.04. The number of aliphatic hydroxyl groups is 1. The minimum absolute atomic E-state index is 0.0709. The molecule has 1 atom stereocenters.